The lowest BCUT2D eigenvalue weighted by Gasteiger charge is -2.43. The first-order valence-corrected chi connectivity index (χ1v) is 10.7. The molecule has 0 bridgehead atoms. The van der Waals surface area contributed by atoms with Crippen LogP contribution in [0, 0.1) is 11.8 Å². The Bertz CT molecular complexity index is 504. The summed E-state index contributed by atoms with van der Waals surface area (Å²) in [4.78, 5) is 12.3. The third-order valence-electron chi connectivity index (χ3n) is 5.78. The van der Waals surface area contributed by atoms with E-state index in [-0.39, 0.29) is 16.7 Å². The topological polar surface area (TPSA) is 58.2 Å². The number of amides is 1. The summed E-state index contributed by atoms with van der Waals surface area (Å²) in [5.74, 6) is 1.34. The van der Waals surface area contributed by atoms with E-state index in [1.165, 1.54) is 19.3 Å². The highest BCUT2D eigenvalue weighted by Gasteiger charge is 2.42. The smallest absolute Gasteiger partial charge is 0.220 e. The molecule has 5 heteroatoms. The maximum absolute atomic E-state index is 12.3. The van der Waals surface area contributed by atoms with E-state index < -0.39 is 11.0 Å². The van der Waals surface area contributed by atoms with Crippen LogP contribution < -0.4 is 10.0 Å². The highest BCUT2D eigenvalue weighted by atomic mass is 32.2. The van der Waals surface area contributed by atoms with Gasteiger partial charge in [-0.1, -0.05) is 18.6 Å². The van der Waals surface area contributed by atoms with E-state index in [0.717, 1.165) is 19.3 Å². The highest BCUT2D eigenvalue weighted by molar-refractivity contribution is 7.83. The largest absolute Gasteiger partial charge is 0.350 e. The molecule has 0 aromatic heterocycles. The van der Waals surface area contributed by atoms with E-state index in [0.29, 0.717) is 24.8 Å². The maximum Gasteiger partial charge on any atom is 0.220 e. The van der Waals surface area contributed by atoms with Crippen molar-refractivity contribution >= 4 is 16.9 Å². The summed E-state index contributed by atoms with van der Waals surface area (Å²) in [6.45, 7) is 9.09. The summed E-state index contributed by atoms with van der Waals surface area (Å²) >= 11 is 0. The summed E-state index contributed by atoms with van der Waals surface area (Å²) in [7, 11) is -0.963. The first-order chi connectivity index (χ1) is 11.3. The molecule has 0 aromatic carbocycles. The zero-order chi connectivity index (χ0) is 17.7. The summed E-state index contributed by atoms with van der Waals surface area (Å²) in [5.41, 5.74) is 1.52. The zero-order valence-electron chi connectivity index (χ0n) is 15.7. The molecule has 0 heterocycles. The van der Waals surface area contributed by atoms with Crippen molar-refractivity contribution in [2.75, 3.05) is 6.54 Å². The van der Waals surface area contributed by atoms with Gasteiger partial charge in [-0.25, -0.2) is 8.93 Å². The van der Waals surface area contributed by atoms with Crippen LogP contribution in [0.5, 0.6) is 0 Å². The van der Waals surface area contributed by atoms with Gasteiger partial charge in [0.1, 0.15) is 0 Å². The Kier molecular flexibility index (Phi) is 7.05. The Morgan fingerprint density at radius 1 is 1.42 bits per heavy atom. The molecule has 2 rings (SSSR count). The van der Waals surface area contributed by atoms with Gasteiger partial charge in [-0.3, -0.25) is 4.79 Å². The van der Waals surface area contributed by atoms with Gasteiger partial charge in [0, 0.05) is 23.8 Å². The summed E-state index contributed by atoms with van der Waals surface area (Å²) in [6, 6.07) is 0. The fourth-order valence-electron chi connectivity index (χ4n) is 3.99. The van der Waals surface area contributed by atoms with E-state index in [1.807, 2.05) is 13.8 Å². The fourth-order valence-corrected chi connectivity index (χ4v) is 4.67. The molecule has 0 aromatic rings. The fraction of sp³-hybridized carbons (Fsp3) is 0.842. The molecule has 138 valence electrons. The molecule has 2 N–H and O–H groups in total. The molecule has 4 nitrogen and oxygen atoms in total. The van der Waals surface area contributed by atoms with Crippen molar-refractivity contribution in [1.82, 2.24) is 10.0 Å². The van der Waals surface area contributed by atoms with Gasteiger partial charge < -0.3 is 5.32 Å². The lowest BCUT2D eigenvalue weighted by molar-refractivity contribution is -0.123. The van der Waals surface area contributed by atoms with Crippen molar-refractivity contribution in [3.63, 3.8) is 0 Å². The number of nitrogens with one attached hydrogen (secondary N) is 2. The second-order valence-corrected chi connectivity index (χ2v) is 9.76. The molecular formula is C19H34N2O2S. The Morgan fingerprint density at radius 2 is 2.17 bits per heavy atom. The van der Waals surface area contributed by atoms with Crippen LogP contribution in [-0.4, -0.2) is 27.4 Å². The van der Waals surface area contributed by atoms with Gasteiger partial charge in [0.25, 0.3) is 0 Å². The number of unbranched alkanes of at least 4 members (excludes halogenated alkanes) is 1. The van der Waals surface area contributed by atoms with E-state index in [4.69, 9.17) is 0 Å². The van der Waals surface area contributed by atoms with E-state index >= 15 is 0 Å². The minimum absolute atomic E-state index is 0.104. The molecule has 1 amide bonds. The average molecular weight is 355 g/mol. The molecule has 0 radical (unpaired) electrons. The molecular weight excluding hydrogens is 320 g/mol. The second-order valence-electron chi connectivity index (χ2n) is 7.93. The van der Waals surface area contributed by atoms with Crippen LogP contribution in [0.3, 0.4) is 0 Å². The van der Waals surface area contributed by atoms with E-state index in [1.54, 1.807) is 5.57 Å². The van der Waals surface area contributed by atoms with Crippen molar-refractivity contribution in [1.29, 1.82) is 0 Å². The van der Waals surface area contributed by atoms with Gasteiger partial charge in [-0.05, 0) is 71.1 Å². The third-order valence-corrected chi connectivity index (χ3v) is 7.13. The summed E-state index contributed by atoms with van der Waals surface area (Å²) in [5, 5.41) is 3.45. The monoisotopic (exact) mass is 354 g/mol. The van der Waals surface area contributed by atoms with Crippen LogP contribution in [0.4, 0.5) is 0 Å². The SMILES string of the molecule is CC(C)S(=O)NCCCCC(=O)NC1(C)CC=C2CCCC2C1C. The van der Waals surface area contributed by atoms with Crippen LogP contribution in [0.2, 0.25) is 0 Å². The van der Waals surface area contributed by atoms with Gasteiger partial charge in [-0.2, -0.15) is 0 Å². The Morgan fingerprint density at radius 3 is 2.88 bits per heavy atom. The normalized spacial score (nSPS) is 30.8. The molecule has 0 spiro atoms. The molecule has 2 aliphatic rings. The number of carbonyl (C=O) groups excluding carboxylic acids is 1. The number of rotatable bonds is 8. The van der Waals surface area contributed by atoms with Crippen molar-refractivity contribution < 1.29 is 9.00 Å². The molecule has 4 unspecified atom stereocenters. The number of carbonyl (C=O) groups is 1. The van der Waals surface area contributed by atoms with Crippen LogP contribution in [0.15, 0.2) is 11.6 Å². The number of fused-ring (bicyclic) bond motifs is 1. The van der Waals surface area contributed by atoms with Gasteiger partial charge in [-0.15, -0.1) is 0 Å². The average Bonchev–Trinajstić information content (AvgIpc) is 2.99. The van der Waals surface area contributed by atoms with Gasteiger partial charge in [0.15, 0.2) is 0 Å². The Labute approximate surface area is 149 Å². The lowest BCUT2D eigenvalue weighted by Crippen LogP contribution is -2.53. The Hall–Kier alpha value is -0.680. The van der Waals surface area contributed by atoms with Crippen molar-refractivity contribution in [2.45, 2.75) is 83.4 Å². The number of allylic oxidation sites excluding steroid dienone is 1. The van der Waals surface area contributed by atoms with Crippen LogP contribution in [0.25, 0.3) is 0 Å². The minimum Gasteiger partial charge on any atom is -0.350 e. The van der Waals surface area contributed by atoms with Gasteiger partial charge in [0.2, 0.25) is 5.91 Å². The molecule has 1 fully saturated rings. The quantitative estimate of drug-likeness (QED) is 0.518. The third kappa shape index (κ3) is 4.92. The molecule has 4 atom stereocenters. The predicted octanol–water partition coefficient (Wildman–Crippen LogP) is 3.46. The van der Waals surface area contributed by atoms with E-state index in [2.05, 4.69) is 30.0 Å². The first-order valence-electron chi connectivity index (χ1n) is 9.47. The maximum atomic E-state index is 12.3. The first kappa shape index (κ1) is 19.6. The van der Waals surface area contributed by atoms with E-state index in [9.17, 15) is 9.00 Å². The van der Waals surface area contributed by atoms with Crippen molar-refractivity contribution in [2.24, 2.45) is 11.8 Å². The van der Waals surface area contributed by atoms with Crippen LogP contribution >= 0.6 is 0 Å². The number of hydrogen-bond donors (Lipinski definition) is 2. The van der Waals surface area contributed by atoms with Crippen LogP contribution in [-0.2, 0) is 15.8 Å². The van der Waals surface area contributed by atoms with Crippen LogP contribution in [0.1, 0.15) is 72.6 Å². The standard InChI is InChI=1S/C19H34N2O2S/c1-14(2)24(23)20-13-6-5-10-18(22)21-19(4)12-11-16-8-7-9-17(16)15(19)3/h11,14-15,17,20H,5-10,12-13H2,1-4H3,(H,21,22). The molecule has 24 heavy (non-hydrogen) atoms. The van der Waals surface area contributed by atoms with Gasteiger partial charge >= 0.3 is 0 Å². The van der Waals surface area contributed by atoms with Gasteiger partial charge in [0.05, 0.1) is 11.0 Å². The van der Waals surface area contributed by atoms with Crippen molar-refractivity contribution in [3.05, 3.63) is 11.6 Å². The highest BCUT2D eigenvalue weighted by Crippen LogP contribution is 2.45. The molecule has 1 saturated carbocycles. The summed E-state index contributed by atoms with van der Waals surface area (Å²) < 4.78 is 14.6. The Balaban J connectivity index is 1.71. The lowest BCUT2D eigenvalue weighted by atomic mass is 9.69. The second kappa shape index (κ2) is 8.61. The minimum atomic E-state index is -0.963. The predicted molar refractivity (Wildman–Crippen MR) is 101 cm³/mol. The van der Waals surface area contributed by atoms with Crippen molar-refractivity contribution in [3.8, 4) is 0 Å². The number of hydrogen-bond acceptors (Lipinski definition) is 2. The molecule has 0 saturated heterocycles. The zero-order valence-corrected chi connectivity index (χ0v) is 16.5. The summed E-state index contributed by atoms with van der Waals surface area (Å²) in [6.07, 6.45) is 9.44. The molecule has 0 aliphatic heterocycles. The molecule has 2 aliphatic carbocycles.